The van der Waals surface area contributed by atoms with Crippen LogP contribution in [0.4, 0.5) is 4.79 Å². The first-order valence-corrected chi connectivity index (χ1v) is 9.88. The molecule has 5 nitrogen and oxygen atoms in total. The fourth-order valence-electron chi connectivity index (χ4n) is 3.72. The predicted octanol–water partition coefficient (Wildman–Crippen LogP) is 4.90. The van der Waals surface area contributed by atoms with E-state index in [0.717, 1.165) is 5.69 Å². The molecule has 2 aromatic carbocycles. The summed E-state index contributed by atoms with van der Waals surface area (Å²) in [6.07, 6.45) is 5.57. The number of fused-ring (bicyclic) bond motifs is 3. The van der Waals surface area contributed by atoms with Crippen molar-refractivity contribution >= 4 is 12.2 Å². The van der Waals surface area contributed by atoms with Crippen molar-refractivity contribution in [2.45, 2.75) is 12.3 Å². The van der Waals surface area contributed by atoms with Gasteiger partial charge in [0, 0.05) is 18.7 Å². The molecule has 3 aromatic rings. The van der Waals surface area contributed by atoms with Gasteiger partial charge in [0.1, 0.15) is 6.61 Å². The Kier molecular flexibility index (Phi) is 5.86. The number of carbonyl (C=O) groups excluding carboxylic acids is 1. The SMILES string of the molecule is N#Cc1ccnc(C=CCCNC(=O)OCC2c3ccccc3-c3ccccc32)c1. The molecule has 1 heterocycles. The number of pyridine rings is 1. The van der Waals surface area contributed by atoms with Crippen LogP contribution in [0, 0.1) is 11.3 Å². The van der Waals surface area contributed by atoms with Gasteiger partial charge in [-0.1, -0.05) is 54.6 Å². The molecule has 1 aliphatic carbocycles. The highest BCUT2D eigenvalue weighted by Gasteiger charge is 2.28. The van der Waals surface area contributed by atoms with Crippen LogP contribution in [0.3, 0.4) is 0 Å². The molecular formula is C25H21N3O2. The summed E-state index contributed by atoms with van der Waals surface area (Å²) < 4.78 is 5.51. The molecule has 0 fully saturated rings. The smallest absolute Gasteiger partial charge is 0.407 e. The van der Waals surface area contributed by atoms with Crippen molar-refractivity contribution in [1.29, 1.82) is 5.26 Å². The summed E-state index contributed by atoms with van der Waals surface area (Å²) in [5.41, 5.74) is 6.10. The van der Waals surface area contributed by atoms with Gasteiger partial charge in [-0.15, -0.1) is 0 Å². The van der Waals surface area contributed by atoms with E-state index < -0.39 is 6.09 Å². The Hall–Kier alpha value is -3.91. The molecule has 1 amide bonds. The maximum Gasteiger partial charge on any atom is 0.407 e. The molecule has 5 heteroatoms. The highest BCUT2D eigenvalue weighted by atomic mass is 16.5. The van der Waals surface area contributed by atoms with E-state index in [1.54, 1.807) is 18.3 Å². The molecule has 30 heavy (non-hydrogen) atoms. The highest BCUT2D eigenvalue weighted by Crippen LogP contribution is 2.44. The average molecular weight is 395 g/mol. The van der Waals surface area contributed by atoms with Crippen LogP contribution in [0.5, 0.6) is 0 Å². The molecule has 0 bridgehead atoms. The number of carbonyl (C=O) groups is 1. The van der Waals surface area contributed by atoms with E-state index in [4.69, 9.17) is 10.00 Å². The first kappa shape index (κ1) is 19.4. The quantitative estimate of drug-likeness (QED) is 0.603. The lowest BCUT2D eigenvalue weighted by Crippen LogP contribution is -2.26. The summed E-state index contributed by atoms with van der Waals surface area (Å²) in [6.45, 7) is 0.770. The second-order valence-corrected chi connectivity index (χ2v) is 7.02. The zero-order valence-electron chi connectivity index (χ0n) is 16.4. The Labute approximate surface area is 175 Å². The molecule has 0 spiro atoms. The van der Waals surface area contributed by atoms with E-state index in [0.29, 0.717) is 25.1 Å². The number of nitrogens with one attached hydrogen (secondary N) is 1. The lowest BCUT2D eigenvalue weighted by atomic mass is 9.98. The number of benzene rings is 2. The third-order valence-electron chi connectivity index (χ3n) is 5.12. The van der Waals surface area contributed by atoms with Crippen molar-refractivity contribution in [3.63, 3.8) is 0 Å². The Morgan fingerprint density at radius 1 is 1.10 bits per heavy atom. The predicted molar refractivity (Wildman–Crippen MR) is 116 cm³/mol. The van der Waals surface area contributed by atoms with Crippen LogP contribution in [0.25, 0.3) is 17.2 Å². The van der Waals surface area contributed by atoms with E-state index >= 15 is 0 Å². The summed E-state index contributed by atoms with van der Waals surface area (Å²) in [5.74, 6) is 0.0570. The second kappa shape index (κ2) is 9.06. The van der Waals surface area contributed by atoms with Gasteiger partial charge >= 0.3 is 6.09 Å². The summed E-state index contributed by atoms with van der Waals surface area (Å²) >= 11 is 0. The number of ether oxygens (including phenoxy) is 1. The van der Waals surface area contributed by atoms with Gasteiger partial charge in [-0.2, -0.15) is 5.26 Å². The van der Waals surface area contributed by atoms with E-state index in [1.165, 1.54) is 22.3 Å². The minimum absolute atomic E-state index is 0.0570. The van der Waals surface area contributed by atoms with Crippen molar-refractivity contribution in [3.8, 4) is 17.2 Å². The molecule has 148 valence electrons. The lowest BCUT2D eigenvalue weighted by molar-refractivity contribution is 0.143. The van der Waals surface area contributed by atoms with Gasteiger partial charge in [-0.25, -0.2) is 4.79 Å². The number of hydrogen-bond donors (Lipinski definition) is 1. The van der Waals surface area contributed by atoms with Crippen LogP contribution in [0.1, 0.15) is 34.7 Å². The Morgan fingerprint density at radius 3 is 2.50 bits per heavy atom. The molecule has 0 aliphatic heterocycles. The van der Waals surface area contributed by atoms with Crippen molar-refractivity contribution in [2.24, 2.45) is 0 Å². The van der Waals surface area contributed by atoms with Crippen molar-refractivity contribution < 1.29 is 9.53 Å². The van der Waals surface area contributed by atoms with Gasteiger partial charge in [-0.05, 0) is 46.9 Å². The van der Waals surface area contributed by atoms with Gasteiger partial charge in [0.25, 0.3) is 0 Å². The zero-order valence-corrected chi connectivity index (χ0v) is 16.4. The third-order valence-corrected chi connectivity index (χ3v) is 5.12. The number of rotatable bonds is 6. The molecule has 1 N–H and O–H groups in total. The average Bonchev–Trinajstić information content (AvgIpc) is 3.11. The third kappa shape index (κ3) is 4.23. The number of nitrogens with zero attached hydrogens (tertiary/aromatic N) is 2. The second-order valence-electron chi connectivity index (χ2n) is 7.02. The summed E-state index contributed by atoms with van der Waals surface area (Å²) in [5, 5.41) is 11.7. The van der Waals surface area contributed by atoms with Crippen LogP contribution >= 0.6 is 0 Å². The minimum atomic E-state index is -0.421. The number of alkyl carbamates (subject to hydrolysis) is 1. The number of aromatic nitrogens is 1. The monoisotopic (exact) mass is 395 g/mol. The van der Waals surface area contributed by atoms with Gasteiger partial charge in [0.05, 0.1) is 17.3 Å². The molecule has 0 unspecified atom stereocenters. The summed E-state index contributed by atoms with van der Waals surface area (Å²) in [6, 6.07) is 22.0. The molecule has 0 atom stereocenters. The summed E-state index contributed by atoms with van der Waals surface area (Å²) in [4.78, 5) is 16.3. The first-order chi connectivity index (χ1) is 14.8. The standard InChI is InChI=1S/C25H21N3O2/c26-16-18-12-14-27-19(15-18)7-5-6-13-28-25(29)30-17-24-22-10-3-1-8-20(22)21-9-2-4-11-23(21)24/h1-5,7-12,14-15,24H,6,13,17H2,(H,28,29). The molecule has 1 aromatic heterocycles. The highest BCUT2D eigenvalue weighted by molar-refractivity contribution is 5.79. The van der Waals surface area contributed by atoms with Gasteiger partial charge in [0.2, 0.25) is 0 Å². The lowest BCUT2D eigenvalue weighted by Gasteiger charge is -2.14. The van der Waals surface area contributed by atoms with Crippen LogP contribution in [-0.2, 0) is 4.74 Å². The maximum atomic E-state index is 12.1. The molecule has 0 saturated carbocycles. The van der Waals surface area contributed by atoms with Crippen molar-refractivity contribution in [3.05, 3.63) is 95.3 Å². The van der Waals surface area contributed by atoms with Crippen molar-refractivity contribution in [2.75, 3.05) is 13.2 Å². The van der Waals surface area contributed by atoms with Crippen LogP contribution in [0.2, 0.25) is 0 Å². The number of nitriles is 1. The van der Waals surface area contributed by atoms with Crippen molar-refractivity contribution in [1.82, 2.24) is 10.3 Å². The van der Waals surface area contributed by atoms with Crippen LogP contribution in [0.15, 0.2) is 72.9 Å². The van der Waals surface area contributed by atoms with Gasteiger partial charge in [-0.3, -0.25) is 4.98 Å². The van der Waals surface area contributed by atoms with Crippen LogP contribution < -0.4 is 5.32 Å². The minimum Gasteiger partial charge on any atom is -0.449 e. The molecular weight excluding hydrogens is 374 g/mol. The van der Waals surface area contributed by atoms with E-state index in [2.05, 4.69) is 40.6 Å². The zero-order chi connectivity index (χ0) is 20.8. The fourth-order valence-corrected chi connectivity index (χ4v) is 3.72. The van der Waals surface area contributed by atoms with Gasteiger partial charge < -0.3 is 10.1 Å². The Bertz CT molecular complexity index is 1090. The fraction of sp³-hybridized carbons (Fsp3) is 0.160. The Morgan fingerprint density at radius 2 is 1.80 bits per heavy atom. The van der Waals surface area contributed by atoms with E-state index in [9.17, 15) is 4.79 Å². The maximum absolute atomic E-state index is 12.1. The largest absolute Gasteiger partial charge is 0.449 e. The Balaban J connectivity index is 1.27. The molecule has 4 rings (SSSR count). The normalized spacial score (nSPS) is 12.2. The molecule has 1 aliphatic rings. The molecule has 0 saturated heterocycles. The van der Waals surface area contributed by atoms with E-state index in [1.807, 2.05) is 36.4 Å². The summed E-state index contributed by atoms with van der Waals surface area (Å²) in [7, 11) is 0. The van der Waals surface area contributed by atoms with Crippen LogP contribution in [-0.4, -0.2) is 24.2 Å². The topological polar surface area (TPSA) is 75.0 Å². The van der Waals surface area contributed by atoms with E-state index in [-0.39, 0.29) is 5.92 Å². The first-order valence-electron chi connectivity index (χ1n) is 9.88. The number of amides is 1. The number of hydrogen-bond acceptors (Lipinski definition) is 4. The van der Waals surface area contributed by atoms with Gasteiger partial charge in [0.15, 0.2) is 0 Å². The molecule has 0 radical (unpaired) electrons.